The maximum Gasteiger partial charge on any atom is 0.257 e. The predicted molar refractivity (Wildman–Crippen MR) is 131 cm³/mol. The first-order valence-electron chi connectivity index (χ1n) is 10.2. The van der Waals surface area contributed by atoms with Crippen LogP contribution >= 0.6 is 35.0 Å². The largest absolute Gasteiger partial charge is 0.486 e. The average molecular weight is 501 g/mol. The van der Waals surface area contributed by atoms with Gasteiger partial charge in [-0.15, -0.1) is 11.8 Å². The lowest BCUT2D eigenvalue weighted by Crippen LogP contribution is -2.28. The van der Waals surface area contributed by atoms with Crippen LogP contribution in [0.25, 0.3) is 0 Å². The molecule has 0 aliphatic carbocycles. The fourth-order valence-corrected chi connectivity index (χ4v) is 5.43. The maximum atomic E-state index is 12.8. The van der Waals surface area contributed by atoms with E-state index in [0.29, 0.717) is 46.7 Å². The molecule has 3 aromatic carbocycles. The number of ether oxygens (including phenoxy) is 2. The van der Waals surface area contributed by atoms with Crippen molar-refractivity contribution in [3.63, 3.8) is 0 Å². The summed E-state index contributed by atoms with van der Waals surface area (Å²) in [5, 5.41) is 3.37. The Bertz CT molecular complexity index is 1250. The third kappa shape index (κ3) is 4.49. The molecule has 0 bridgehead atoms. The molecule has 1 unspecified atom stereocenters. The molecule has 0 aromatic heterocycles. The topological polar surface area (TPSA) is 67.9 Å². The summed E-state index contributed by atoms with van der Waals surface area (Å²) in [7, 11) is 0. The second-order valence-electron chi connectivity index (χ2n) is 7.46. The van der Waals surface area contributed by atoms with Crippen molar-refractivity contribution in [1.82, 2.24) is 0 Å². The molecule has 168 valence electrons. The third-order valence-electron chi connectivity index (χ3n) is 5.28. The zero-order valence-electron chi connectivity index (χ0n) is 17.2. The van der Waals surface area contributed by atoms with E-state index in [4.69, 9.17) is 32.7 Å². The van der Waals surface area contributed by atoms with Crippen molar-refractivity contribution < 1.29 is 19.1 Å². The Morgan fingerprint density at radius 3 is 2.64 bits per heavy atom. The van der Waals surface area contributed by atoms with Gasteiger partial charge in [-0.1, -0.05) is 35.3 Å². The molecule has 6 nitrogen and oxygen atoms in total. The van der Waals surface area contributed by atoms with Gasteiger partial charge in [-0.2, -0.15) is 0 Å². The van der Waals surface area contributed by atoms with Crippen LogP contribution in [0, 0.1) is 0 Å². The van der Waals surface area contributed by atoms with E-state index < -0.39 is 0 Å². The molecule has 2 amide bonds. The number of anilines is 2. The van der Waals surface area contributed by atoms with Crippen molar-refractivity contribution in [2.24, 2.45) is 0 Å². The molecule has 1 atom stereocenters. The minimum atomic E-state index is -0.340. The number of carbonyl (C=O) groups is 2. The number of hydrogen-bond acceptors (Lipinski definition) is 5. The van der Waals surface area contributed by atoms with Gasteiger partial charge in [0.25, 0.3) is 5.91 Å². The highest BCUT2D eigenvalue weighted by atomic mass is 35.5. The summed E-state index contributed by atoms with van der Waals surface area (Å²) in [4.78, 5) is 27.2. The van der Waals surface area contributed by atoms with Crippen LogP contribution in [0.15, 0.2) is 60.7 Å². The van der Waals surface area contributed by atoms with Gasteiger partial charge in [0.1, 0.15) is 18.6 Å². The van der Waals surface area contributed by atoms with Gasteiger partial charge in [0.05, 0.1) is 16.3 Å². The summed E-state index contributed by atoms with van der Waals surface area (Å²) < 4.78 is 11.3. The highest BCUT2D eigenvalue weighted by Crippen LogP contribution is 2.44. The summed E-state index contributed by atoms with van der Waals surface area (Å²) in [6.45, 7) is 0.981. The van der Waals surface area contributed by atoms with Crippen LogP contribution in [0.1, 0.15) is 21.3 Å². The molecular formula is C24H18Cl2N2O4S. The lowest BCUT2D eigenvalue weighted by atomic mass is 10.1. The van der Waals surface area contributed by atoms with Gasteiger partial charge in [0.2, 0.25) is 5.91 Å². The van der Waals surface area contributed by atoms with Crippen LogP contribution in [0.4, 0.5) is 11.4 Å². The molecule has 0 radical (unpaired) electrons. The first-order chi connectivity index (χ1) is 16.0. The minimum Gasteiger partial charge on any atom is -0.486 e. The van der Waals surface area contributed by atoms with Crippen molar-refractivity contribution in [2.75, 3.05) is 29.2 Å². The fourth-order valence-electron chi connectivity index (χ4n) is 3.77. The van der Waals surface area contributed by atoms with Gasteiger partial charge in [-0.25, -0.2) is 0 Å². The highest BCUT2D eigenvalue weighted by molar-refractivity contribution is 8.00. The summed E-state index contributed by atoms with van der Waals surface area (Å²) in [6.07, 6.45) is 0. The standard InChI is InChI=1S/C24H18Cl2N2O4S/c25-15-4-6-18(19(26)11-15)23(30)27-16-3-1-2-14(10-16)24-28(22(29)13-33-24)17-5-7-20-21(12-17)32-9-8-31-20/h1-7,10-12,24H,8-9,13H2,(H,27,30). The predicted octanol–water partition coefficient (Wildman–Crippen LogP) is 5.80. The summed E-state index contributed by atoms with van der Waals surface area (Å²) >= 11 is 13.6. The number of amides is 2. The lowest BCUT2D eigenvalue weighted by molar-refractivity contribution is -0.115. The number of fused-ring (bicyclic) bond motifs is 1. The monoisotopic (exact) mass is 500 g/mol. The third-order valence-corrected chi connectivity index (χ3v) is 7.04. The highest BCUT2D eigenvalue weighted by Gasteiger charge is 2.35. The first kappa shape index (κ1) is 21.9. The van der Waals surface area contributed by atoms with Crippen LogP contribution in [-0.2, 0) is 4.79 Å². The second-order valence-corrected chi connectivity index (χ2v) is 9.37. The number of carbonyl (C=O) groups excluding carboxylic acids is 2. The molecule has 1 N–H and O–H groups in total. The van der Waals surface area contributed by atoms with Gasteiger partial charge in [0, 0.05) is 22.5 Å². The Labute approximate surface area is 204 Å². The van der Waals surface area contributed by atoms with Crippen LogP contribution in [0.3, 0.4) is 0 Å². The Morgan fingerprint density at radius 2 is 1.82 bits per heavy atom. The molecule has 2 aliphatic rings. The molecular weight excluding hydrogens is 483 g/mol. The first-order valence-corrected chi connectivity index (χ1v) is 12.0. The number of nitrogens with zero attached hydrogens (tertiary/aromatic N) is 1. The number of nitrogens with one attached hydrogen (secondary N) is 1. The molecule has 2 aliphatic heterocycles. The van der Waals surface area contributed by atoms with E-state index in [2.05, 4.69) is 5.32 Å². The number of rotatable bonds is 4. The van der Waals surface area contributed by atoms with E-state index in [9.17, 15) is 9.59 Å². The van der Waals surface area contributed by atoms with Crippen molar-refractivity contribution in [3.05, 3.63) is 81.8 Å². The van der Waals surface area contributed by atoms with Crippen molar-refractivity contribution in [2.45, 2.75) is 5.37 Å². The smallest absolute Gasteiger partial charge is 0.257 e. The van der Waals surface area contributed by atoms with Crippen LogP contribution in [0.2, 0.25) is 10.0 Å². The Balaban J connectivity index is 1.40. The molecule has 0 saturated carbocycles. The summed E-state index contributed by atoms with van der Waals surface area (Å²) in [5.41, 5.74) is 2.56. The van der Waals surface area contributed by atoms with Crippen molar-refractivity contribution in [1.29, 1.82) is 0 Å². The van der Waals surface area contributed by atoms with Gasteiger partial charge < -0.3 is 14.8 Å². The van der Waals surface area contributed by atoms with Crippen LogP contribution < -0.4 is 19.7 Å². The average Bonchev–Trinajstić information content (AvgIpc) is 3.20. The molecule has 33 heavy (non-hydrogen) atoms. The quantitative estimate of drug-likeness (QED) is 0.490. The van der Waals surface area contributed by atoms with Crippen molar-refractivity contribution in [3.8, 4) is 11.5 Å². The molecule has 1 fully saturated rings. The maximum absolute atomic E-state index is 12.8. The van der Waals surface area contributed by atoms with E-state index in [-0.39, 0.29) is 22.2 Å². The van der Waals surface area contributed by atoms with Gasteiger partial charge in [0.15, 0.2) is 11.5 Å². The van der Waals surface area contributed by atoms with Crippen LogP contribution in [-0.4, -0.2) is 30.8 Å². The summed E-state index contributed by atoms with van der Waals surface area (Å²) in [5.74, 6) is 1.32. The van der Waals surface area contributed by atoms with E-state index in [0.717, 1.165) is 11.3 Å². The van der Waals surface area contributed by atoms with E-state index in [1.165, 1.54) is 17.8 Å². The van der Waals surface area contributed by atoms with Crippen molar-refractivity contribution >= 4 is 58.2 Å². The number of benzene rings is 3. The van der Waals surface area contributed by atoms with Gasteiger partial charge in [-0.3, -0.25) is 14.5 Å². The Hall–Kier alpha value is -2.87. The number of halogens is 2. The zero-order valence-corrected chi connectivity index (χ0v) is 19.5. The normalized spacial score (nSPS) is 17.2. The molecule has 5 rings (SSSR count). The SMILES string of the molecule is O=C(Nc1cccc(C2SCC(=O)N2c2ccc3c(c2)OCCO3)c1)c1ccc(Cl)cc1Cl. The summed E-state index contributed by atoms with van der Waals surface area (Å²) in [6, 6.07) is 17.7. The van der Waals surface area contributed by atoms with E-state index in [1.807, 2.05) is 36.4 Å². The van der Waals surface area contributed by atoms with Crippen LogP contribution in [0.5, 0.6) is 11.5 Å². The van der Waals surface area contributed by atoms with E-state index in [1.54, 1.807) is 23.1 Å². The molecule has 1 saturated heterocycles. The fraction of sp³-hybridized carbons (Fsp3) is 0.167. The molecule has 3 aromatic rings. The second kappa shape index (κ2) is 9.17. The Morgan fingerprint density at radius 1 is 1.00 bits per heavy atom. The van der Waals surface area contributed by atoms with E-state index >= 15 is 0 Å². The minimum absolute atomic E-state index is 0.00376. The Kier molecular flexibility index (Phi) is 6.10. The number of hydrogen-bond donors (Lipinski definition) is 1. The number of thioether (sulfide) groups is 1. The van der Waals surface area contributed by atoms with Gasteiger partial charge >= 0.3 is 0 Å². The molecule has 2 heterocycles. The molecule has 9 heteroatoms. The molecule has 0 spiro atoms. The zero-order chi connectivity index (χ0) is 22.9. The van der Waals surface area contributed by atoms with Gasteiger partial charge in [-0.05, 0) is 48.0 Å². The lowest BCUT2D eigenvalue weighted by Gasteiger charge is -2.26.